The van der Waals surface area contributed by atoms with E-state index in [9.17, 15) is 20.1 Å². The second kappa shape index (κ2) is 15.8. The summed E-state index contributed by atoms with van der Waals surface area (Å²) in [6, 6.07) is 6.37. The fourth-order valence-corrected chi connectivity index (χ4v) is 5.14. The van der Waals surface area contributed by atoms with Crippen molar-refractivity contribution in [1.29, 1.82) is 0 Å². The van der Waals surface area contributed by atoms with Crippen molar-refractivity contribution in [3.05, 3.63) is 59.2 Å². The molecule has 1 aliphatic rings. The van der Waals surface area contributed by atoms with E-state index in [1.807, 2.05) is 18.2 Å². The van der Waals surface area contributed by atoms with Crippen molar-refractivity contribution < 1.29 is 20.1 Å². The number of carboxylic acid groups (broad SMARTS) is 1. The molecule has 3 heterocycles. The summed E-state index contributed by atoms with van der Waals surface area (Å²) < 4.78 is 0. The predicted molar refractivity (Wildman–Crippen MR) is 151 cm³/mol. The van der Waals surface area contributed by atoms with E-state index in [0.29, 0.717) is 36.7 Å². The van der Waals surface area contributed by atoms with Gasteiger partial charge in [0, 0.05) is 18.8 Å². The SMILES string of the molecule is CCCCC(O)CCCC(CCC([N-]c1ccc[nH]1)C(=CC(=O)O)C1CCN=C(N)N1)Cc1ccc([O-])nc1. The maximum Gasteiger partial charge on any atom is 0.328 e. The average molecular weight is 539 g/mol. The smallest absolute Gasteiger partial charge is 0.328 e. The fourth-order valence-electron chi connectivity index (χ4n) is 5.14. The van der Waals surface area contributed by atoms with Crippen LogP contribution in [0.4, 0.5) is 5.82 Å². The van der Waals surface area contributed by atoms with Gasteiger partial charge in [0.05, 0.1) is 12.1 Å². The molecule has 2 aromatic heterocycles. The summed E-state index contributed by atoms with van der Waals surface area (Å²) in [7, 11) is 0. The van der Waals surface area contributed by atoms with Gasteiger partial charge in [0.2, 0.25) is 0 Å². The number of nitrogens with two attached hydrogens (primary N) is 1. The number of aliphatic hydroxyl groups is 1. The molecule has 0 saturated carbocycles. The quantitative estimate of drug-likeness (QED) is 0.190. The standard InChI is InChI=1S/C29H43N6O4/c1-2-3-7-22(36)8-4-6-20(17-21-11-13-27(37)33-19-21)10-12-24(34-26-9-5-15-31-26)23(18-28(38)39)25-14-16-32-29(30)35-25/h5,9,11,13,15,18-20,22,24-25,31,36H,2-4,6-8,10,12,14,16-17H2,1H3,(H,33,37)(H,38,39)(H3,30,32,35)/q-1/p-1. The Kier molecular flexibility index (Phi) is 12.1. The van der Waals surface area contributed by atoms with Crippen molar-refractivity contribution in [3.63, 3.8) is 0 Å². The molecule has 39 heavy (non-hydrogen) atoms. The van der Waals surface area contributed by atoms with Crippen molar-refractivity contribution >= 4 is 17.7 Å². The number of aromatic nitrogens is 2. The highest BCUT2D eigenvalue weighted by molar-refractivity contribution is 5.83. The maximum atomic E-state index is 11.9. The van der Waals surface area contributed by atoms with Crippen LogP contribution < -0.4 is 16.2 Å². The van der Waals surface area contributed by atoms with Crippen molar-refractivity contribution in [1.82, 2.24) is 15.3 Å². The van der Waals surface area contributed by atoms with Crippen LogP contribution in [0.5, 0.6) is 5.88 Å². The Labute approximate surface area is 230 Å². The lowest BCUT2D eigenvalue weighted by atomic mass is 9.85. The molecule has 2 aromatic rings. The van der Waals surface area contributed by atoms with Crippen molar-refractivity contribution in [2.24, 2.45) is 16.6 Å². The number of guanidine groups is 1. The fraction of sp³-hybridized carbons (Fsp3) is 0.552. The molecule has 0 saturated heterocycles. The molecule has 0 spiro atoms. The predicted octanol–water partition coefficient (Wildman–Crippen LogP) is 3.91. The van der Waals surface area contributed by atoms with Gasteiger partial charge in [-0.05, 0) is 67.5 Å². The first kappa shape index (κ1) is 30.0. The number of hydrogen-bond donors (Lipinski definition) is 5. The Morgan fingerprint density at radius 2 is 2.05 bits per heavy atom. The Bertz CT molecular complexity index is 1050. The summed E-state index contributed by atoms with van der Waals surface area (Å²) in [5.41, 5.74) is 7.59. The number of pyridine rings is 1. The highest BCUT2D eigenvalue weighted by atomic mass is 16.4. The Morgan fingerprint density at radius 1 is 1.23 bits per heavy atom. The van der Waals surface area contributed by atoms with Crippen molar-refractivity contribution in [2.45, 2.75) is 89.3 Å². The van der Waals surface area contributed by atoms with Crippen LogP contribution in [-0.4, -0.2) is 56.8 Å². The molecule has 0 aromatic carbocycles. The Hall–Kier alpha value is -3.53. The zero-order chi connectivity index (χ0) is 28.0. The number of aromatic amines is 1. The van der Waals surface area contributed by atoms with Gasteiger partial charge < -0.3 is 36.7 Å². The molecule has 6 N–H and O–H groups in total. The first-order valence-corrected chi connectivity index (χ1v) is 14.0. The van der Waals surface area contributed by atoms with Crippen LogP contribution in [0.1, 0.15) is 70.3 Å². The minimum Gasteiger partial charge on any atom is -0.859 e. The van der Waals surface area contributed by atoms with Crippen molar-refractivity contribution in [3.8, 4) is 5.88 Å². The molecule has 214 valence electrons. The van der Waals surface area contributed by atoms with Crippen LogP contribution in [0.25, 0.3) is 5.32 Å². The molecule has 10 heteroatoms. The van der Waals surface area contributed by atoms with Gasteiger partial charge in [-0.1, -0.05) is 68.9 Å². The Balaban J connectivity index is 1.77. The highest BCUT2D eigenvalue weighted by Crippen LogP contribution is 2.32. The molecule has 0 bridgehead atoms. The van der Waals surface area contributed by atoms with E-state index in [4.69, 9.17) is 11.1 Å². The second-order valence-electron chi connectivity index (χ2n) is 10.3. The summed E-state index contributed by atoms with van der Waals surface area (Å²) >= 11 is 0. The number of nitrogens with one attached hydrogen (secondary N) is 2. The lowest BCUT2D eigenvalue weighted by molar-refractivity contribution is -0.275. The van der Waals surface area contributed by atoms with Gasteiger partial charge in [0.1, 0.15) is 0 Å². The summed E-state index contributed by atoms with van der Waals surface area (Å²) in [5, 5.41) is 39.6. The lowest BCUT2D eigenvalue weighted by Gasteiger charge is -2.35. The van der Waals surface area contributed by atoms with Crippen LogP contribution in [-0.2, 0) is 11.2 Å². The van der Waals surface area contributed by atoms with Crippen LogP contribution in [0.3, 0.4) is 0 Å². The second-order valence-corrected chi connectivity index (χ2v) is 10.3. The van der Waals surface area contributed by atoms with Crippen LogP contribution >= 0.6 is 0 Å². The number of unbranched alkanes of at least 4 members (excludes halogenated alkanes) is 1. The zero-order valence-electron chi connectivity index (χ0n) is 22.8. The van der Waals surface area contributed by atoms with Crippen molar-refractivity contribution in [2.75, 3.05) is 6.54 Å². The maximum absolute atomic E-state index is 11.9. The molecular formula is C29H42N6O4-2. The number of H-pyrrole nitrogens is 1. The molecule has 0 radical (unpaired) electrons. The summed E-state index contributed by atoms with van der Waals surface area (Å²) in [6.45, 7) is 2.64. The zero-order valence-corrected chi connectivity index (χ0v) is 22.8. The van der Waals surface area contributed by atoms with E-state index in [-0.39, 0.29) is 30.0 Å². The lowest BCUT2D eigenvalue weighted by Crippen LogP contribution is -2.46. The van der Waals surface area contributed by atoms with Gasteiger partial charge in [0.15, 0.2) is 5.96 Å². The number of aliphatic hydroxyl groups excluding tert-OH is 1. The van der Waals surface area contributed by atoms with E-state index in [2.05, 4.69) is 27.2 Å². The first-order chi connectivity index (χ1) is 18.8. The molecule has 4 unspecified atom stereocenters. The molecule has 0 amide bonds. The number of aliphatic imine (C=N–C) groups is 1. The molecule has 0 fully saturated rings. The highest BCUT2D eigenvalue weighted by Gasteiger charge is 2.25. The third-order valence-corrected chi connectivity index (χ3v) is 7.19. The van der Waals surface area contributed by atoms with E-state index >= 15 is 0 Å². The number of carbonyl (C=O) groups is 1. The molecular weight excluding hydrogens is 496 g/mol. The van der Waals surface area contributed by atoms with Gasteiger partial charge >= 0.3 is 5.97 Å². The van der Waals surface area contributed by atoms with Crippen LogP contribution in [0, 0.1) is 5.92 Å². The topological polar surface area (TPSA) is 174 Å². The van der Waals surface area contributed by atoms with E-state index in [1.54, 1.807) is 12.4 Å². The van der Waals surface area contributed by atoms with Gasteiger partial charge in [-0.3, -0.25) is 9.98 Å². The van der Waals surface area contributed by atoms with E-state index < -0.39 is 5.97 Å². The molecule has 4 atom stereocenters. The monoisotopic (exact) mass is 538 g/mol. The molecule has 0 aliphatic carbocycles. The first-order valence-electron chi connectivity index (χ1n) is 14.0. The number of hydrogen-bond acceptors (Lipinski definition) is 7. The molecule has 1 aliphatic heterocycles. The number of rotatable bonds is 17. The van der Waals surface area contributed by atoms with Gasteiger partial charge in [-0.25, -0.2) is 4.79 Å². The van der Waals surface area contributed by atoms with Crippen LogP contribution in [0.2, 0.25) is 0 Å². The largest absolute Gasteiger partial charge is 0.859 e. The summed E-state index contributed by atoms with van der Waals surface area (Å²) in [4.78, 5) is 23.1. The van der Waals surface area contributed by atoms with Crippen LogP contribution in [0.15, 0.2) is 53.3 Å². The summed E-state index contributed by atoms with van der Waals surface area (Å²) in [6.07, 6.45) is 12.6. The number of aliphatic carboxylic acids is 1. The molecule has 10 nitrogen and oxygen atoms in total. The number of nitrogens with zero attached hydrogens (tertiary/aromatic N) is 3. The normalized spacial score (nSPS) is 18.1. The third kappa shape index (κ3) is 10.6. The summed E-state index contributed by atoms with van der Waals surface area (Å²) in [5.74, 6) is -0.0537. The van der Waals surface area contributed by atoms with E-state index in [1.165, 1.54) is 12.1 Å². The molecule has 3 rings (SSSR count). The minimum atomic E-state index is -1.03. The number of carboxylic acids is 1. The van der Waals surface area contributed by atoms with Gasteiger partial charge in [0.25, 0.3) is 0 Å². The minimum absolute atomic E-state index is 0.251. The Morgan fingerprint density at radius 3 is 2.72 bits per heavy atom. The third-order valence-electron chi connectivity index (χ3n) is 7.19. The van der Waals surface area contributed by atoms with E-state index in [0.717, 1.165) is 56.9 Å². The average Bonchev–Trinajstić information content (AvgIpc) is 3.42. The van der Waals surface area contributed by atoms with Gasteiger partial charge in [-0.15, -0.1) is 0 Å². The van der Waals surface area contributed by atoms with Gasteiger partial charge in [-0.2, -0.15) is 0 Å².